The van der Waals surface area contributed by atoms with E-state index in [1.54, 1.807) is 33.0 Å². The number of fused-ring (bicyclic) bond motifs is 2. The Bertz CT molecular complexity index is 2620. The smallest absolute Gasteiger partial charge is 0.329 e. The van der Waals surface area contributed by atoms with Crippen LogP contribution in [0.15, 0.2) is 63.1 Å². The fourth-order valence-electron chi connectivity index (χ4n) is 9.61. The molecule has 2 aromatic carbocycles. The van der Waals surface area contributed by atoms with Crippen molar-refractivity contribution >= 4 is 73.6 Å². The van der Waals surface area contributed by atoms with Gasteiger partial charge in [-0.2, -0.15) is 4.98 Å². The molecule has 5 aromatic rings. The van der Waals surface area contributed by atoms with Crippen molar-refractivity contribution in [2.75, 3.05) is 62.6 Å². The van der Waals surface area contributed by atoms with Crippen LogP contribution in [-0.2, 0) is 27.4 Å². The molecule has 0 radical (unpaired) electrons. The Morgan fingerprint density at radius 2 is 1.62 bits per heavy atom. The number of nitrogens with zero attached hydrogens (tertiary/aromatic N) is 8. The van der Waals surface area contributed by atoms with E-state index in [9.17, 15) is 23.4 Å². The molecule has 2 N–H and O–H groups in total. The average Bonchev–Trinajstić information content (AvgIpc) is 3.88. The highest BCUT2D eigenvalue weighted by atomic mass is 35.5. The van der Waals surface area contributed by atoms with Crippen LogP contribution in [0.25, 0.3) is 22.1 Å². The highest BCUT2D eigenvalue weighted by Crippen LogP contribution is 2.33. The number of nitrogens with one attached hydrogen (secondary N) is 2. The van der Waals surface area contributed by atoms with Gasteiger partial charge >= 0.3 is 5.69 Å². The van der Waals surface area contributed by atoms with Crippen molar-refractivity contribution in [2.24, 2.45) is 7.05 Å². The number of piperazine rings is 1. The number of imide groups is 1. The summed E-state index contributed by atoms with van der Waals surface area (Å²) in [5.74, 6) is -0.336. The summed E-state index contributed by atoms with van der Waals surface area (Å²) >= 11 is 6.31. The number of aryl methyl sites for hydroxylation is 2. The molecule has 4 aliphatic rings. The van der Waals surface area contributed by atoms with E-state index < -0.39 is 22.7 Å². The molecule has 1 aliphatic carbocycles. The lowest BCUT2D eigenvalue weighted by atomic mass is 10.1. The second-order valence-corrected chi connectivity index (χ2v) is 18.8. The first-order chi connectivity index (χ1) is 29.0. The molecule has 0 bridgehead atoms. The number of hydrogen-bond acceptors (Lipinski definition) is 11. The van der Waals surface area contributed by atoms with Gasteiger partial charge in [0, 0.05) is 86.2 Å². The average molecular weight is 855 g/mol. The van der Waals surface area contributed by atoms with E-state index >= 15 is 0 Å². The number of rotatable bonds is 10. The van der Waals surface area contributed by atoms with E-state index in [0.717, 1.165) is 124 Å². The number of carbonyl (C=O) groups excluding carboxylic acids is 2. The zero-order valence-corrected chi connectivity index (χ0v) is 35.6. The van der Waals surface area contributed by atoms with Gasteiger partial charge in [-0.1, -0.05) is 30.5 Å². The Labute approximate surface area is 355 Å². The molecule has 1 saturated carbocycles. The molecule has 2 atom stereocenters. The van der Waals surface area contributed by atoms with Gasteiger partial charge in [0.2, 0.25) is 17.8 Å². The maximum absolute atomic E-state index is 13.8. The quantitative estimate of drug-likeness (QED) is 0.189. The van der Waals surface area contributed by atoms with Crippen LogP contribution in [0.3, 0.4) is 0 Å². The number of likely N-dealkylation sites (tertiary alicyclic amines) is 1. The number of aromatic nitrogens is 5. The maximum atomic E-state index is 13.8. The fraction of sp³-hybridized carbons (Fsp3) is 0.488. The summed E-state index contributed by atoms with van der Waals surface area (Å²) in [6.07, 6.45) is 7.98. The van der Waals surface area contributed by atoms with E-state index in [0.29, 0.717) is 23.5 Å². The van der Waals surface area contributed by atoms with Crippen LogP contribution in [-0.4, -0.2) is 107 Å². The highest BCUT2D eigenvalue weighted by Gasteiger charge is 2.33. The molecule has 2 amide bonds. The van der Waals surface area contributed by atoms with Crippen molar-refractivity contribution < 1.29 is 13.8 Å². The van der Waals surface area contributed by atoms with Crippen molar-refractivity contribution in [3.8, 4) is 0 Å². The summed E-state index contributed by atoms with van der Waals surface area (Å²) in [5.41, 5.74) is 4.36. The normalized spacial score (nSPS) is 20.6. The number of anilines is 3. The van der Waals surface area contributed by atoms with E-state index in [4.69, 9.17) is 16.6 Å². The Morgan fingerprint density at radius 3 is 2.33 bits per heavy atom. The number of carbonyl (C=O) groups is 2. The van der Waals surface area contributed by atoms with Gasteiger partial charge in [-0.3, -0.25) is 42.5 Å². The Morgan fingerprint density at radius 1 is 0.883 bits per heavy atom. The van der Waals surface area contributed by atoms with Crippen LogP contribution >= 0.6 is 11.6 Å². The monoisotopic (exact) mass is 854 g/mol. The molecule has 60 heavy (non-hydrogen) atoms. The van der Waals surface area contributed by atoms with Gasteiger partial charge in [0.05, 0.1) is 27.5 Å². The number of benzene rings is 2. The van der Waals surface area contributed by atoms with Crippen molar-refractivity contribution in [3.63, 3.8) is 0 Å². The van der Waals surface area contributed by atoms with Gasteiger partial charge < -0.3 is 15.1 Å². The van der Waals surface area contributed by atoms with Crippen molar-refractivity contribution in [1.29, 1.82) is 0 Å². The fourth-order valence-corrected chi connectivity index (χ4v) is 11.3. The first-order valence-electron chi connectivity index (χ1n) is 21.1. The first-order valence-corrected chi connectivity index (χ1v) is 22.7. The number of pyridine rings is 1. The van der Waals surface area contributed by atoms with Crippen LogP contribution in [0, 0.1) is 6.92 Å². The van der Waals surface area contributed by atoms with E-state index in [1.165, 1.54) is 0 Å². The second-order valence-electron chi connectivity index (χ2n) is 16.7. The number of piperidine rings is 2. The summed E-state index contributed by atoms with van der Waals surface area (Å²) in [7, 11) is 0.615. The predicted molar refractivity (Wildman–Crippen MR) is 234 cm³/mol. The molecular formula is C43H51ClN10O5S. The standard InChI is InChI=1S/C43H51ClN10O5S/c1-27-24-31(10-11-33(27)46-42-45-26-28-25-32(44)41(57)53(39(28)48-42)29-6-3-4-7-29)60(59)30-14-16-50(17-15-30)18-19-51-20-22-52(23-21-51)34-8-5-9-35-38(34)49(2)43(58)54(35)36-12-13-37(55)47-40(36)56/h5,8-11,24-26,29-30,36H,3-4,6-7,12-23H2,1-2H3,(H,45,46,48)(H,47,55,56). The van der Waals surface area contributed by atoms with Crippen molar-refractivity contribution in [3.05, 3.63) is 80.1 Å². The summed E-state index contributed by atoms with van der Waals surface area (Å²) in [4.78, 5) is 68.4. The number of hydrogen-bond donors (Lipinski definition) is 2. The van der Waals surface area contributed by atoms with Crippen molar-refractivity contribution in [2.45, 2.75) is 80.5 Å². The third-order valence-electron chi connectivity index (χ3n) is 13.0. The minimum Gasteiger partial charge on any atom is -0.367 e. The summed E-state index contributed by atoms with van der Waals surface area (Å²) in [6.45, 7) is 9.15. The molecule has 4 fully saturated rings. The molecule has 0 spiro atoms. The minimum atomic E-state index is -1.13. The number of halogens is 1. The molecule has 316 valence electrons. The van der Waals surface area contributed by atoms with Crippen LogP contribution in [0.4, 0.5) is 17.3 Å². The molecule has 3 aromatic heterocycles. The van der Waals surface area contributed by atoms with Crippen LogP contribution in [0.2, 0.25) is 5.02 Å². The topological polar surface area (TPSA) is 160 Å². The van der Waals surface area contributed by atoms with Crippen LogP contribution in [0.1, 0.15) is 69.0 Å². The predicted octanol–water partition coefficient (Wildman–Crippen LogP) is 4.64. The van der Waals surface area contributed by atoms with Crippen LogP contribution in [0.5, 0.6) is 0 Å². The Hall–Kier alpha value is -4.90. The lowest BCUT2D eigenvalue weighted by molar-refractivity contribution is -0.135. The molecule has 6 heterocycles. The van der Waals surface area contributed by atoms with Gasteiger partial charge in [0.1, 0.15) is 16.7 Å². The molecular weight excluding hydrogens is 804 g/mol. The molecule has 17 heteroatoms. The van der Waals surface area contributed by atoms with Crippen LogP contribution < -0.4 is 26.8 Å². The Balaban J connectivity index is 0.771. The summed E-state index contributed by atoms with van der Waals surface area (Å²) in [5, 5.41) is 6.72. The second kappa shape index (κ2) is 16.9. The van der Waals surface area contributed by atoms with E-state index in [2.05, 4.69) is 30.3 Å². The summed E-state index contributed by atoms with van der Waals surface area (Å²) in [6, 6.07) is 12.7. The van der Waals surface area contributed by atoms with Gasteiger partial charge in [-0.25, -0.2) is 9.78 Å². The molecule has 3 saturated heterocycles. The first kappa shape index (κ1) is 40.5. The van der Waals surface area contributed by atoms with Gasteiger partial charge in [0.15, 0.2) is 0 Å². The van der Waals surface area contributed by atoms with E-state index in [-0.39, 0.29) is 39.9 Å². The largest absolute Gasteiger partial charge is 0.367 e. The van der Waals surface area contributed by atoms with Gasteiger partial charge in [-0.15, -0.1) is 0 Å². The lowest BCUT2D eigenvalue weighted by Gasteiger charge is -2.38. The number of amides is 2. The van der Waals surface area contributed by atoms with Gasteiger partial charge in [0.25, 0.3) is 5.56 Å². The van der Waals surface area contributed by atoms with Crippen molar-refractivity contribution in [1.82, 2.24) is 38.8 Å². The molecule has 2 unspecified atom stereocenters. The third-order valence-corrected chi connectivity index (χ3v) is 15.0. The molecule has 3 aliphatic heterocycles. The molecule has 15 nitrogen and oxygen atoms in total. The lowest BCUT2D eigenvalue weighted by Crippen LogP contribution is -2.49. The third kappa shape index (κ3) is 7.78. The minimum absolute atomic E-state index is 0.0798. The number of para-hydroxylation sites is 1. The highest BCUT2D eigenvalue weighted by molar-refractivity contribution is 7.85. The zero-order valence-electron chi connectivity index (χ0n) is 34.1. The number of imidazole rings is 1. The maximum Gasteiger partial charge on any atom is 0.329 e. The van der Waals surface area contributed by atoms with Gasteiger partial charge in [-0.05, 0) is 94.1 Å². The molecule has 9 rings (SSSR count). The zero-order chi connectivity index (χ0) is 41.7. The summed E-state index contributed by atoms with van der Waals surface area (Å²) < 4.78 is 18.7. The Kier molecular flexibility index (Phi) is 11.4. The SMILES string of the molecule is Cc1cc(S(=O)C2CCN(CCN3CCN(c4cccc5c4n(C)c(=O)n5C4CCC(=O)NC4=O)CC3)CC2)ccc1Nc1ncc2cc(Cl)c(=O)n(C3CCCC3)c2n1. The van der Waals surface area contributed by atoms with E-state index in [1.807, 2.05) is 43.3 Å².